The number of fused-ring (bicyclic) bond motifs is 1. The lowest BCUT2D eigenvalue weighted by atomic mass is 9.96. The van der Waals surface area contributed by atoms with E-state index in [0.717, 1.165) is 43.3 Å². The standard InChI is InChI=1S/C25H23BrN2O4/c1-5-30-24-16(4)25-20(21(13-31-25)17-6-8-18(26)9-7-17)12-19(24)14(2)10-23(29)27-22-11-15(3)32-28-22/h6-13H,5H2,1-4H3,(H,27,28,29)/b14-10+. The van der Waals surface area contributed by atoms with Crippen molar-refractivity contribution in [2.75, 3.05) is 11.9 Å². The number of furan rings is 1. The topological polar surface area (TPSA) is 77.5 Å². The molecule has 164 valence electrons. The van der Waals surface area contributed by atoms with Crippen LogP contribution in [0.15, 0.2) is 62.2 Å². The number of aromatic nitrogens is 1. The Bertz CT molecular complexity index is 1320. The minimum Gasteiger partial charge on any atom is -0.493 e. The van der Waals surface area contributed by atoms with Gasteiger partial charge in [-0.1, -0.05) is 33.2 Å². The molecule has 0 spiro atoms. The van der Waals surface area contributed by atoms with Crippen molar-refractivity contribution in [1.82, 2.24) is 5.16 Å². The number of nitrogens with zero attached hydrogens (tertiary/aromatic N) is 1. The first kappa shape index (κ1) is 21.9. The molecule has 1 N–H and O–H groups in total. The molecule has 0 unspecified atom stereocenters. The van der Waals surface area contributed by atoms with E-state index in [-0.39, 0.29) is 5.91 Å². The van der Waals surface area contributed by atoms with Crippen LogP contribution >= 0.6 is 15.9 Å². The van der Waals surface area contributed by atoms with Gasteiger partial charge in [0.05, 0.1) is 12.9 Å². The summed E-state index contributed by atoms with van der Waals surface area (Å²) in [6, 6.07) is 11.8. The molecule has 0 radical (unpaired) electrons. The van der Waals surface area contributed by atoms with Crippen molar-refractivity contribution < 1.29 is 18.5 Å². The van der Waals surface area contributed by atoms with Crippen LogP contribution < -0.4 is 10.1 Å². The third-order valence-electron chi connectivity index (χ3n) is 5.14. The van der Waals surface area contributed by atoms with Gasteiger partial charge in [0.1, 0.15) is 17.1 Å². The maximum atomic E-state index is 12.6. The predicted octanol–water partition coefficient (Wildman–Crippen LogP) is 6.91. The van der Waals surface area contributed by atoms with Gasteiger partial charge in [-0.15, -0.1) is 0 Å². The number of anilines is 1. The number of rotatable bonds is 6. The summed E-state index contributed by atoms with van der Waals surface area (Å²) in [6.07, 6.45) is 3.30. The highest BCUT2D eigenvalue weighted by molar-refractivity contribution is 9.10. The van der Waals surface area contributed by atoms with E-state index in [2.05, 4.69) is 26.4 Å². The number of halogens is 1. The number of benzene rings is 2. The third kappa shape index (κ3) is 4.34. The van der Waals surface area contributed by atoms with Gasteiger partial charge < -0.3 is 19.0 Å². The Labute approximate surface area is 194 Å². The van der Waals surface area contributed by atoms with Gasteiger partial charge in [-0.3, -0.25) is 4.79 Å². The fourth-order valence-corrected chi connectivity index (χ4v) is 3.92. The maximum Gasteiger partial charge on any atom is 0.249 e. The second-order valence-electron chi connectivity index (χ2n) is 7.48. The van der Waals surface area contributed by atoms with Crippen molar-refractivity contribution in [3.05, 3.63) is 70.1 Å². The van der Waals surface area contributed by atoms with Crippen LogP contribution in [0.1, 0.15) is 30.7 Å². The maximum absolute atomic E-state index is 12.6. The number of allylic oxidation sites excluding steroid dienone is 1. The number of amides is 1. The summed E-state index contributed by atoms with van der Waals surface area (Å²) in [5.41, 5.74) is 5.29. The van der Waals surface area contributed by atoms with Crippen LogP contribution in [0.3, 0.4) is 0 Å². The summed E-state index contributed by atoms with van der Waals surface area (Å²) in [6.45, 7) is 8.05. The highest BCUT2D eigenvalue weighted by Crippen LogP contribution is 2.41. The monoisotopic (exact) mass is 494 g/mol. The number of carbonyl (C=O) groups is 1. The Kier molecular flexibility index (Phi) is 6.19. The highest BCUT2D eigenvalue weighted by Gasteiger charge is 2.19. The summed E-state index contributed by atoms with van der Waals surface area (Å²) in [5.74, 6) is 1.41. The average Bonchev–Trinajstić information content (AvgIpc) is 3.36. The molecule has 4 aromatic rings. The lowest BCUT2D eigenvalue weighted by Gasteiger charge is -2.15. The zero-order valence-corrected chi connectivity index (χ0v) is 19.9. The smallest absolute Gasteiger partial charge is 0.249 e. The normalized spacial score (nSPS) is 11.7. The second kappa shape index (κ2) is 9.04. The Morgan fingerprint density at radius 2 is 1.97 bits per heavy atom. The van der Waals surface area contributed by atoms with Gasteiger partial charge in [-0.25, -0.2) is 0 Å². The lowest BCUT2D eigenvalue weighted by Crippen LogP contribution is -2.09. The van der Waals surface area contributed by atoms with E-state index in [0.29, 0.717) is 23.9 Å². The second-order valence-corrected chi connectivity index (χ2v) is 8.40. The Balaban J connectivity index is 1.79. The average molecular weight is 495 g/mol. The van der Waals surface area contributed by atoms with Crippen LogP contribution in [-0.4, -0.2) is 17.7 Å². The first-order chi connectivity index (χ1) is 15.4. The van der Waals surface area contributed by atoms with Gasteiger partial charge in [0.15, 0.2) is 5.82 Å². The van der Waals surface area contributed by atoms with Gasteiger partial charge in [0, 0.05) is 38.7 Å². The zero-order valence-electron chi connectivity index (χ0n) is 18.3. The van der Waals surface area contributed by atoms with Crippen molar-refractivity contribution in [2.24, 2.45) is 0 Å². The van der Waals surface area contributed by atoms with Crippen molar-refractivity contribution in [2.45, 2.75) is 27.7 Å². The first-order valence-electron chi connectivity index (χ1n) is 10.2. The van der Waals surface area contributed by atoms with Crippen LogP contribution in [0, 0.1) is 13.8 Å². The molecule has 0 saturated heterocycles. The molecule has 4 rings (SSSR count). The summed E-state index contributed by atoms with van der Waals surface area (Å²) in [5, 5.41) is 7.49. The molecule has 0 aliphatic carbocycles. The zero-order chi connectivity index (χ0) is 22.8. The van der Waals surface area contributed by atoms with Crippen molar-refractivity contribution in [3.8, 4) is 16.9 Å². The minimum absolute atomic E-state index is 0.295. The summed E-state index contributed by atoms with van der Waals surface area (Å²) in [7, 11) is 0. The van der Waals surface area contributed by atoms with Crippen LogP contribution in [0.4, 0.5) is 5.82 Å². The van der Waals surface area contributed by atoms with E-state index >= 15 is 0 Å². The highest BCUT2D eigenvalue weighted by atomic mass is 79.9. The molecule has 0 aliphatic heterocycles. The van der Waals surface area contributed by atoms with Gasteiger partial charge >= 0.3 is 0 Å². The van der Waals surface area contributed by atoms with E-state index in [9.17, 15) is 4.79 Å². The third-order valence-corrected chi connectivity index (χ3v) is 5.67. The molecule has 2 heterocycles. The van der Waals surface area contributed by atoms with Crippen LogP contribution in [0.5, 0.6) is 5.75 Å². The quantitative estimate of drug-likeness (QED) is 0.294. The number of hydrogen-bond donors (Lipinski definition) is 1. The molecule has 6 nitrogen and oxygen atoms in total. The van der Waals surface area contributed by atoms with Crippen molar-refractivity contribution in [1.29, 1.82) is 0 Å². The van der Waals surface area contributed by atoms with E-state index in [1.807, 2.05) is 51.1 Å². The fourth-order valence-electron chi connectivity index (χ4n) is 3.65. The molecule has 0 fully saturated rings. The van der Waals surface area contributed by atoms with E-state index in [4.69, 9.17) is 13.7 Å². The van der Waals surface area contributed by atoms with E-state index in [1.165, 1.54) is 6.08 Å². The molecule has 1 amide bonds. The molecule has 0 atom stereocenters. The van der Waals surface area contributed by atoms with E-state index in [1.54, 1.807) is 19.3 Å². The van der Waals surface area contributed by atoms with Crippen molar-refractivity contribution >= 4 is 44.2 Å². The molecule has 0 bridgehead atoms. The van der Waals surface area contributed by atoms with Gasteiger partial charge in [0.2, 0.25) is 5.91 Å². The van der Waals surface area contributed by atoms with Gasteiger partial charge in [0.25, 0.3) is 0 Å². The molecule has 2 aromatic carbocycles. The van der Waals surface area contributed by atoms with E-state index < -0.39 is 0 Å². The Morgan fingerprint density at radius 1 is 1.22 bits per heavy atom. The Hall–Kier alpha value is -3.32. The predicted molar refractivity (Wildman–Crippen MR) is 129 cm³/mol. The summed E-state index contributed by atoms with van der Waals surface area (Å²) >= 11 is 3.48. The number of aryl methyl sites for hydroxylation is 2. The van der Waals surface area contributed by atoms with Crippen LogP contribution in [-0.2, 0) is 4.79 Å². The molecule has 32 heavy (non-hydrogen) atoms. The molecular weight excluding hydrogens is 472 g/mol. The minimum atomic E-state index is -0.295. The summed E-state index contributed by atoms with van der Waals surface area (Å²) < 4.78 is 17.9. The van der Waals surface area contributed by atoms with Gasteiger partial charge in [-0.2, -0.15) is 0 Å². The molecular formula is C25H23BrN2O4. The number of ether oxygens (including phenoxy) is 1. The number of carbonyl (C=O) groups excluding carboxylic acids is 1. The van der Waals surface area contributed by atoms with Crippen molar-refractivity contribution in [3.63, 3.8) is 0 Å². The molecule has 7 heteroatoms. The Morgan fingerprint density at radius 3 is 2.62 bits per heavy atom. The fraction of sp³-hybridized carbons (Fsp3) is 0.200. The molecule has 2 aromatic heterocycles. The molecule has 0 aliphatic rings. The first-order valence-corrected chi connectivity index (χ1v) is 11.0. The van der Waals surface area contributed by atoms with Crippen LogP contribution in [0.2, 0.25) is 0 Å². The number of hydrogen-bond acceptors (Lipinski definition) is 5. The number of nitrogens with one attached hydrogen (secondary N) is 1. The van der Waals surface area contributed by atoms with Crippen LogP contribution in [0.25, 0.3) is 27.7 Å². The summed E-state index contributed by atoms with van der Waals surface area (Å²) in [4.78, 5) is 12.6. The lowest BCUT2D eigenvalue weighted by molar-refractivity contribution is -0.111. The SMILES string of the molecule is CCOc1c(/C(C)=C/C(=O)Nc2cc(C)on2)cc2c(-c3ccc(Br)cc3)coc2c1C. The largest absolute Gasteiger partial charge is 0.493 e. The van der Waals surface area contributed by atoms with Gasteiger partial charge in [-0.05, 0) is 57.0 Å². The molecule has 0 saturated carbocycles.